The average Bonchev–Trinajstić information content (AvgIpc) is 3.22. The van der Waals surface area contributed by atoms with Crippen LogP contribution in [-0.2, 0) is 28.6 Å². The summed E-state index contributed by atoms with van der Waals surface area (Å²) in [7, 11) is 0. The number of carbonyl (C=O) groups excluding carboxylic acids is 3. The number of carbonyl (C=O) groups is 3. The summed E-state index contributed by atoms with van der Waals surface area (Å²) >= 11 is 0. The van der Waals surface area contributed by atoms with Gasteiger partial charge in [0.25, 0.3) is 0 Å². The van der Waals surface area contributed by atoms with Gasteiger partial charge in [-0.15, -0.1) is 0 Å². The standard InChI is InChI=1S/C52H78O6/c1-4-7-10-13-16-19-22-25-28-30-33-36-39-42-45-51(54)57-48-49(58-52(55)46-43-40-37-34-31-27-24-21-18-15-12-9-6-3)47-56-50(53)44-41-38-35-32-29-26-23-20-17-14-11-8-5-2/h8-9,11-12,14-15,17-18,20-21,23-24,26-32,34-35,37,49H,4-7,10,13,16,19,22,25,33,36,38-48H2,1-3H3/b11-8+,12-9+,17-14+,18-15+,23-20+,24-21+,29-26+,30-28+,31-27+,35-32+,37-34+. The number of hydrogen-bond donors (Lipinski definition) is 0. The summed E-state index contributed by atoms with van der Waals surface area (Å²) in [5, 5.41) is 0. The normalized spacial score (nSPS) is 13.4. The fourth-order valence-electron chi connectivity index (χ4n) is 5.32. The highest BCUT2D eigenvalue weighted by Crippen LogP contribution is 2.11. The first-order valence-corrected chi connectivity index (χ1v) is 22.3. The number of allylic oxidation sites excluding steroid dienone is 22. The van der Waals surface area contributed by atoms with Crippen molar-refractivity contribution in [1.82, 2.24) is 0 Å². The minimum absolute atomic E-state index is 0.143. The topological polar surface area (TPSA) is 78.9 Å². The molecule has 6 heteroatoms. The monoisotopic (exact) mass is 799 g/mol. The number of esters is 3. The van der Waals surface area contributed by atoms with Crippen molar-refractivity contribution in [3.8, 4) is 0 Å². The molecule has 0 aliphatic carbocycles. The first-order valence-electron chi connectivity index (χ1n) is 22.3. The third-order valence-electron chi connectivity index (χ3n) is 8.63. The summed E-state index contributed by atoms with van der Waals surface area (Å²) in [6.07, 6.45) is 63.1. The molecule has 0 fully saturated rings. The molecule has 6 nitrogen and oxygen atoms in total. The van der Waals surface area contributed by atoms with Crippen molar-refractivity contribution in [3.05, 3.63) is 134 Å². The van der Waals surface area contributed by atoms with E-state index >= 15 is 0 Å². The summed E-state index contributed by atoms with van der Waals surface area (Å²) in [4.78, 5) is 37.7. The van der Waals surface area contributed by atoms with Gasteiger partial charge < -0.3 is 14.2 Å². The van der Waals surface area contributed by atoms with Gasteiger partial charge in [-0.3, -0.25) is 14.4 Å². The molecule has 58 heavy (non-hydrogen) atoms. The van der Waals surface area contributed by atoms with Gasteiger partial charge in [0.15, 0.2) is 6.10 Å². The molecule has 0 spiro atoms. The maximum absolute atomic E-state index is 12.7. The molecule has 0 heterocycles. The number of rotatable bonds is 37. The van der Waals surface area contributed by atoms with Crippen molar-refractivity contribution in [2.75, 3.05) is 13.2 Å². The highest BCUT2D eigenvalue weighted by atomic mass is 16.6. The molecule has 1 atom stereocenters. The van der Waals surface area contributed by atoms with Crippen molar-refractivity contribution in [2.45, 2.75) is 162 Å². The molecule has 0 N–H and O–H groups in total. The maximum Gasteiger partial charge on any atom is 0.306 e. The molecule has 0 saturated heterocycles. The van der Waals surface area contributed by atoms with Crippen LogP contribution < -0.4 is 0 Å². The van der Waals surface area contributed by atoms with E-state index in [2.05, 4.69) is 45.1 Å². The molecule has 0 bridgehead atoms. The third-order valence-corrected chi connectivity index (χ3v) is 8.63. The summed E-state index contributed by atoms with van der Waals surface area (Å²) < 4.78 is 16.5. The zero-order valence-corrected chi connectivity index (χ0v) is 36.5. The minimum Gasteiger partial charge on any atom is -0.462 e. The van der Waals surface area contributed by atoms with Crippen LogP contribution in [0.15, 0.2) is 134 Å². The van der Waals surface area contributed by atoms with Crippen LogP contribution in [0.5, 0.6) is 0 Å². The molecular formula is C52H78O6. The molecule has 322 valence electrons. The Morgan fingerprint density at radius 1 is 0.362 bits per heavy atom. The van der Waals surface area contributed by atoms with Gasteiger partial charge in [-0.25, -0.2) is 0 Å². The minimum atomic E-state index is -0.853. The summed E-state index contributed by atoms with van der Waals surface area (Å²) in [6.45, 7) is 6.16. The number of hydrogen-bond acceptors (Lipinski definition) is 6. The second kappa shape index (κ2) is 45.3. The quantitative estimate of drug-likeness (QED) is 0.0205. The van der Waals surface area contributed by atoms with Gasteiger partial charge in [0.1, 0.15) is 13.2 Å². The summed E-state index contributed by atoms with van der Waals surface area (Å²) in [6, 6.07) is 0. The van der Waals surface area contributed by atoms with Crippen LogP contribution in [0.25, 0.3) is 0 Å². The van der Waals surface area contributed by atoms with Crippen molar-refractivity contribution in [1.29, 1.82) is 0 Å². The van der Waals surface area contributed by atoms with Gasteiger partial charge in [-0.1, -0.05) is 199 Å². The highest BCUT2D eigenvalue weighted by Gasteiger charge is 2.19. The number of unbranched alkanes of at least 4 members (excludes halogenated alkanes) is 12. The van der Waals surface area contributed by atoms with Crippen LogP contribution in [0, 0.1) is 0 Å². The van der Waals surface area contributed by atoms with Crippen LogP contribution in [0.4, 0.5) is 0 Å². The van der Waals surface area contributed by atoms with Crippen molar-refractivity contribution >= 4 is 17.9 Å². The molecule has 0 saturated carbocycles. The molecule has 0 aromatic carbocycles. The van der Waals surface area contributed by atoms with Crippen molar-refractivity contribution in [3.63, 3.8) is 0 Å². The van der Waals surface area contributed by atoms with Gasteiger partial charge in [-0.05, 0) is 70.6 Å². The van der Waals surface area contributed by atoms with Gasteiger partial charge in [0.05, 0.1) is 0 Å². The predicted molar refractivity (Wildman–Crippen MR) is 246 cm³/mol. The van der Waals surface area contributed by atoms with E-state index in [0.717, 1.165) is 51.4 Å². The lowest BCUT2D eigenvalue weighted by molar-refractivity contribution is -0.167. The molecule has 0 aromatic rings. The van der Waals surface area contributed by atoms with Gasteiger partial charge in [0.2, 0.25) is 0 Å². The SMILES string of the molecule is CC/C=C/C=C/C=C/C=C/C=C/CCCC(=O)OCC(COC(=O)CCCCC/C=C/CCCCCCCCC)OC(=O)CCC/C=C/C=C/C=C/C=C/C=C/CC. The molecule has 0 amide bonds. The van der Waals surface area contributed by atoms with Crippen LogP contribution in [0.1, 0.15) is 156 Å². The van der Waals surface area contributed by atoms with Crippen molar-refractivity contribution in [2.24, 2.45) is 0 Å². The fourth-order valence-corrected chi connectivity index (χ4v) is 5.32. The van der Waals surface area contributed by atoms with E-state index in [-0.39, 0.29) is 38.0 Å². The van der Waals surface area contributed by atoms with Crippen LogP contribution in [0.3, 0.4) is 0 Å². The Balaban J connectivity index is 4.67. The second-order valence-electron chi connectivity index (χ2n) is 14.1. The molecule has 0 radical (unpaired) electrons. The van der Waals surface area contributed by atoms with E-state index in [1.54, 1.807) is 0 Å². The smallest absolute Gasteiger partial charge is 0.306 e. The van der Waals surface area contributed by atoms with E-state index in [1.165, 1.54) is 44.9 Å². The summed E-state index contributed by atoms with van der Waals surface area (Å²) in [5.74, 6) is -1.13. The lowest BCUT2D eigenvalue weighted by Gasteiger charge is -2.18. The van der Waals surface area contributed by atoms with Gasteiger partial charge in [0, 0.05) is 19.3 Å². The zero-order chi connectivity index (χ0) is 42.3. The maximum atomic E-state index is 12.7. The van der Waals surface area contributed by atoms with E-state index in [0.29, 0.717) is 25.7 Å². The Morgan fingerprint density at radius 3 is 1.16 bits per heavy atom. The Hall–Kier alpha value is -4.45. The Morgan fingerprint density at radius 2 is 0.707 bits per heavy atom. The summed E-state index contributed by atoms with van der Waals surface area (Å²) in [5.41, 5.74) is 0. The van der Waals surface area contributed by atoms with Crippen LogP contribution in [0.2, 0.25) is 0 Å². The molecule has 0 aliphatic heterocycles. The third kappa shape index (κ3) is 42.7. The Bertz CT molecular complexity index is 1330. The second-order valence-corrected chi connectivity index (χ2v) is 14.1. The zero-order valence-electron chi connectivity index (χ0n) is 36.5. The lowest BCUT2D eigenvalue weighted by atomic mass is 10.1. The van der Waals surface area contributed by atoms with E-state index in [4.69, 9.17) is 14.2 Å². The first kappa shape index (κ1) is 53.6. The molecular weight excluding hydrogens is 721 g/mol. The lowest BCUT2D eigenvalue weighted by Crippen LogP contribution is -2.30. The molecule has 0 aromatic heterocycles. The first-order chi connectivity index (χ1) is 28.5. The van der Waals surface area contributed by atoms with E-state index in [9.17, 15) is 14.4 Å². The largest absolute Gasteiger partial charge is 0.462 e. The van der Waals surface area contributed by atoms with Gasteiger partial charge in [-0.2, -0.15) is 0 Å². The Kier molecular flexibility index (Phi) is 41.8. The number of ether oxygens (including phenoxy) is 3. The fraction of sp³-hybridized carbons (Fsp3) is 0.519. The van der Waals surface area contributed by atoms with E-state index < -0.39 is 12.1 Å². The van der Waals surface area contributed by atoms with Gasteiger partial charge >= 0.3 is 17.9 Å². The van der Waals surface area contributed by atoms with Crippen LogP contribution in [-0.4, -0.2) is 37.2 Å². The molecule has 0 rings (SSSR count). The van der Waals surface area contributed by atoms with Crippen molar-refractivity contribution < 1.29 is 28.6 Å². The highest BCUT2D eigenvalue weighted by molar-refractivity contribution is 5.71. The van der Waals surface area contributed by atoms with E-state index in [1.807, 2.05) is 109 Å². The Labute approximate surface area is 354 Å². The van der Waals surface area contributed by atoms with Crippen LogP contribution >= 0.6 is 0 Å². The molecule has 0 aliphatic rings. The predicted octanol–water partition coefficient (Wildman–Crippen LogP) is 14.4. The average molecular weight is 799 g/mol. The molecule has 1 unspecified atom stereocenters.